The summed E-state index contributed by atoms with van der Waals surface area (Å²) in [6.07, 6.45) is 3.17. The van der Waals surface area contributed by atoms with E-state index in [1.165, 1.54) is 6.34 Å². The van der Waals surface area contributed by atoms with Gasteiger partial charge in [-0.15, -0.1) is 0 Å². The maximum atomic E-state index is 5.11. The summed E-state index contributed by atoms with van der Waals surface area (Å²) in [4.78, 5) is 6.93. The molecule has 0 aliphatic heterocycles. The SMILES string of the molecule is NC=[NH+]Cc1ccccn1. The van der Waals surface area contributed by atoms with Crippen LogP contribution in [0, 0.1) is 0 Å². The van der Waals surface area contributed by atoms with E-state index in [-0.39, 0.29) is 0 Å². The van der Waals surface area contributed by atoms with Crippen molar-refractivity contribution < 1.29 is 4.99 Å². The number of rotatable bonds is 2. The maximum Gasteiger partial charge on any atom is 0.227 e. The first-order valence-corrected chi connectivity index (χ1v) is 3.10. The number of pyridine rings is 1. The zero-order valence-electron chi connectivity index (χ0n) is 5.62. The van der Waals surface area contributed by atoms with Crippen LogP contribution in [-0.4, -0.2) is 11.3 Å². The predicted molar refractivity (Wildman–Crippen MR) is 39.2 cm³/mol. The minimum absolute atomic E-state index is 0.692. The van der Waals surface area contributed by atoms with E-state index in [0.29, 0.717) is 6.54 Å². The summed E-state index contributed by atoms with van der Waals surface area (Å²) in [6.45, 7) is 0.692. The molecular formula is C7H10N3+. The molecule has 1 rings (SSSR count). The molecular weight excluding hydrogens is 126 g/mol. The molecule has 0 fully saturated rings. The van der Waals surface area contributed by atoms with E-state index in [0.717, 1.165) is 5.69 Å². The second-order valence-electron chi connectivity index (χ2n) is 1.87. The van der Waals surface area contributed by atoms with Crippen molar-refractivity contribution in [1.29, 1.82) is 0 Å². The van der Waals surface area contributed by atoms with E-state index in [9.17, 15) is 0 Å². The van der Waals surface area contributed by atoms with Gasteiger partial charge in [-0.25, -0.2) is 0 Å². The molecule has 1 aromatic heterocycles. The molecule has 0 aromatic carbocycles. The van der Waals surface area contributed by atoms with Crippen molar-refractivity contribution in [3.8, 4) is 0 Å². The molecule has 10 heavy (non-hydrogen) atoms. The van der Waals surface area contributed by atoms with E-state index < -0.39 is 0 Å². The Labute approximate surface area is 59.6 Å². The summed E-state index contributed by atoms with van der Waals surface area (Å²) in [7, 11) is 0. The Morgan fingerprint density at radius 3 is 3.10 bits per heavy atom. The Kier molecular flexibility index (Phi) is 2.43. The molecule has 0 saturated carbocycles. The molecule has 0 bridgehead atoms. The number of hydrogen-bond donors (Lipinski definition) is 2. The van der Waals surface area contributed by atoms with Gasteiger partial charge in [0.1, 0.15) is 6.54 Å². The van der Waals surface area contributed by atoms with Crippen molar-refractivity contribution in [1.82, 2.24) is 4.98 Å². The average molecular weight is 136 g/mol. The van der Waals surface area contributed by atoms with Crippen LogP contribution in [-0.2, 0) is 6.54 Å². The number of nitrogens with zero attached hydrogens (tertiary/aromatic N) is 1. The van der Waals surface area contributed by atoms with Gasteiger partial charge in [-0.05, 0) is 12.1 Å². The van der Waals surface area contributed by atoms with Crippen molar-refractivity contribution in [2.75, 3.05) is 0 Å². The van der Waals surface area contributed by atoms with Crippen LogP contribution in [0.1, 0.15) is 5.69 Å². The zero-order valence-corrected chi connectivity index (χ0v) is 5.62. The molecule has 0 unspecified atom stereocenters. The predicted octanol–water partition coefficient (Wildman–Crippen LogP) is -1.35. The highest BCUT2D eigenvalue weighted by molar-refractivity contribution is 5.42. The zero-order chi connectivity index (χ0) is 7.23. The number of hydrogen-bond acceptors (Lipinski definition) is 1. The average Bonchev–Trinajstić information content (AvgIpc) is 2.03. The van der Waals surface area contributed by atoms with Crippen molar-refractivity contribution in [2.24, 2.45) is 5.73 Å². The number of nitrogens with two attached hydrogens (primary N) is 1. The Morgan fingerprint density at radius 2 is 2.50 bits per heavy atom. The number of nitrogens with one attached hydrogen (secondary N) is 1. The van der Waals surface area contributed by atoms with Gasteiger partial charge in [-0.2, -0.15) is 0 Å². The molecule has 0 radical (unpaired) electrons. The van der Waals surface area contributed by atoms with Crippen LogP contribution < -0.4 is 10.7 Å². The fraction of sp³-hybridized carbons (Fsp3) is 0.143. The first-order valence-electron chi connectivity index (χ1n) is 3.10. The first kappa shape index (κ1) is 6.74. The van der Waals surface area contributed by atoms with Crippen LogP contribution in [0.2, 0.25) is 0 Å². The summed E-state index contributed by atoms with van der Waals surface area (Å²) in [6, 6.07) is 5.77. The molecule has 52 valence electrons. The smallest absolute Gasteiger partial charge is 0.227 e. The molecule has 3 heteroatoms. The van der Waals surface area contributed by atoms with Crippen LogP contribution in [0.3, 0.4) is 0 Å². The third kappa shape index (κ3) is 1.85. The van der Waals surface area contributed by atoms with Gasteiger partial charge in [-0.1, -0.05) is 6.07 Å². The van der Waals surface area contributed by atoms with E-state index in [2.05, 4.69) is 9.98 Å². The molecule has 0 aliphatic rings. The van der Waals surface area contributed by atoms with E-state index in [1.807, 2.05) is 18.2 Å². The molecule has 0 saturated heterocycles. The van der Waals surface area contributed by atoms with Crippen LogP contribution in [0.15, 0.2) is 24.4 Å². The van der Waals surface area contributed by atoms with Gasteiger partial charge in [0.05, 0.1) is 5.69 Å². The quantitative estimate of drug-likeness (QED) is 0.390. The second kappa shape index (κ2) is 3.61. The van der Waals surface area contributed by atoms with Gasteiger partial charge in [0, 0.05) is 6.20 Å². The van der Waals surface area contributed by atoms with Crippen LogP contribution in [0.5, 0.6) is 0 Å². The van der Waals surface area contributed by atoms with Gasteiger partial charge < -0.3 is 0 Å². The summed E-state index contributed by atoms with van der Waals surface area (Å²) in [5.74, 6) is 0. The third-order valence-corrected chi connectivity index (χ3v) is 1.13. The lowest BCUT2D eigenvalue weighted by Gasteiger charge is -1.89. The Morgan fingerprint density at radius 1 is 1.60 bits per heavy atom. The minimum Gasteiger partial charge on any atom is -0.294 e. The summed E-state index contributed by atoms with van der Waals surface area (Å²) >= 11 is 0. The van der Waals surface area contributed by atoms with Crippen LogP contribution in [0.25, 0.3) is 0 Å². The summed E-state index contributed by atoms with van der Waals surface area (Å²) < 4.78 is 0. The van der Waals surface area contributed by atoms with Gasteiger partial charge >= 0.3 is 0 Å². The normalized spacial score (nSPS) is 10.4. The van der Waals surface area contributed by atoms with Crippen molar-refractivity contribution in [3.05, 3.63) is 30.1 Å². The molecule has 0 spiro atoms. The van der Waals surface area contributed by atoms with Gasteiger partial charge in [-0.3, -0.25) is 15.7 Å². The molecule has 0 amide bonds. The minimum atomic E-state index is 0.692. The lowest BCUT2D eigenvalue weighted by atomic mass is 10.4. The molecule has 3 N–H and O–H groups in total. The standard InChI is InChI=1S/C7H9N3/c8-6-9-5-7-3-1-2-4-10-7/h1-4,6H,5H2,(H2,8,9)/p+1. The maximum absolute atomic E-state index is 5.11. The summed E-state index contributed by atoms with van der Waals surface area (Å²) in [5, 5.41) is 0. The molecule has 1 aromatic rings. The van der Waals surface area contributed by atoms with E-state index in [4.69, 9.17) is 5.73 Å². The van der Waals surface area contributed by atoms with Gasteiger partial charge in [0.15, 0.2) is 0 Å². The van der Waals surface area contributed by atoms with Crippen molar-refractivity contribution in [2.45, 2.75) is 6.54 Å². The highest BCUT2D eigenvalue weighted by Crippen LogP contribution is 1.87. The van der Waals surface area contributed by atoms with Gasteiger partial charge in [0.2, 0.25) is 6.34 Å². The lowest BCUT2D eigenvalue weighted by molar-refractivity contribution is -0.471. The fourth-order valence-electron chi connectivity index (χ4n) is 0.666. The van der Waals surface area contributed by atoms with Gasteiger partial charge in [0.25, 0.3) is 0 Å². The topological polar surface area (TPSA) is 52.9 Å². The molecule has 3 nitrogen and oxygen atoms in total. The monoisotopic (exact) mass is 136 g/mol. The van der Waals surface area contributed by atoms with E-state index in [1.54, 1.807) is 6.20 Å². The van der Waals surface area contributed by atoms with Crippen molar-refractivity contribution in [3.63, 3.8) is 0 Å². The second-order valence-corrected chi connectivity index (χ2v) is 1.87. The Balaban J connectivity index is 2.59. The lowest BCUT2D eigenvalue weighted by Crippen LogP contribution is -2.68. The highest BCUT2D eigenvalue weighted by Gasteiger charge is 1.87. The van der Waals surface area contributed by atoms with E-state index >= 15 is 0 Å². The first-order chi connectivity index (χ1) is 4.93. The summed E-state index contributed by atoms with van der Waals surface area (Å²) in [5.41, 5.74) is 6.10. The highest BCUT2D eigenvalue weighted by atomic mass is 14.8. The van der Waals surface area contributed by atoms with Crippen LogP contribution >= 0.6 is 0 Å². The number of aromatic nitrogens is 1. The van der Waals surface area contributed by atoms with Crippen LogP contribution in [0.4, 0.5) is 0 Å². The third-order valence-electron chi connectivity index (χ3n) is 1.13. The molecule has 0 aliphatic carbocycles. The fourth-order valence-corrected chi connectivity index (χ4v) is 0.666. The van der Waals surface area contributed by atoms with Crippen molar-refractivity contribution >= 4 is 6.34 Å². The molecule has 1 heterocycles. The largest absolute Gasteiger partial charge is 0.294 e. The Bertz CT molecular complexity index is 205. The Hall–Kier alpha value is -1.38. The molecule has 0 atom stereocenters.